The Kier molecular flexibility index (Phi) is 5.69. The molecule has 12 heteroatoms. The van der Waals surface area contributed by atoms with Gasteiger partial charge >= 0.3 is 0 Å². The Morgan fingerprint density at radius 3 is 2.63 bits per heavy atom. The molecule has 6 rings (SSSR count). The van der Waals surface area contributed by atoms with Crippen LogP contribution in [-0.2, 0) is 16.6 Å². The van der Waals surface area contributed by atoms with Gasteiger partial charge in [-0.05, 0) is 48.0 Å². The highest BCUT2D eigenvalue weighted by atomic mass is 32.2. The van der Waals surface area contributed by atoms with Crippen LogP contribution in [0.1, 0.15) is 5.56 Å². The summed E-state index contributed by atoms with van der Waals surface area (Å²) in [6.07, 6.45) is 5.78. The van der Waals surface area contributed by atoms with Gasteiger partial charge < -0.3 is 4.98 Å². The van der Waals surface area contributed by atoms with Gasteiger partial charge in [-0.25, -0.2) is 26.9 Å². The summed E-state index contributed by atoms with van der Waals surface area (Å²) in [5, 5.41) is 7.43. The number of imidazole rings is 1. The van der Waals surface area contributed by atoms with E-state index in [0.29, 0.717) is 50.3 Å². The van der Waals surface area contributed by atoms with E-state index in [2.05, 4.69) is 34.9 Å². The molecule has 2 aromatic carbocycles. The summed E-state index contributed by atoms with van der Waals surface area (Å²) in [7, 11) is -3.46. The Bertz CT molecular complexity index is 1940. The Hall–Kier alpha value is -4.55. The minimum Gasteiger partial charge on any atom is -0.336 e. The lowest BCUT2D eigenvalue weighted by Gasteiger charge is -2.07. The van der Waals surface area contributed by atoms with Gasteiger partial charge in [-0.2, -0.15) is 5.10 Å². The molecule has 190 valence electrons. The topological polar surface area (TPSA) is 129 Å². The highest BCUT2D eigenvalue weighted by Crippen LogP contribution is 2.35. The molecule has 0 atom stereocenters. The standard InChI is InChI=1S/C26H19F2N7O2S/c1-38(36,37)31-12-14-9-16(11-17(27)10-14)23-24-20(6-8-30-23)32-26(33-24)25-21-19(34-35-25)5-4-18(22(21)28)15-3-2-7-29-13-15/h2-11,13,31H,12H2,1H3,(H,32,33)(H,34,35). The first kappa shape index (κ1) is 23.8. The van der Waals surface area contributed by atoms with E-state index >= 15 is 4.39 Å². The van der Waals surface area contributed by atoms with Gasteiger partial charge in [-0.15, -0.1) is 0 Å². The monoisotopic (exact) mass is 531 g/mol. The molecule has 0 saturated carbocycles. The van der Waals surface area contributed by atoms with Crippen molar-refractivity contribution in [1.82, 2.24) is 34.9 Å². The van der Waals surface area contributed by atoms with Gasteiger partial charge in [0, 0.05) is 41.8 Å². The largest absolute Gasteiger partial charge is 0.336 e. The fourth-order valence-corrected chi connectivity index (χ4v) is 4.78. The summed E-state index contributed by atoms with van der Waals surface area (Å²) < 4.78 is 55.5. The third-order valence-electron chi connectivity index (χ3n) is 6.03. The van der Waals surface area contributed by atoms with Gasteiger partial charge in [0.1, 0.15) is 22.8 Å². The molecule has 0 amide bonds. The van der Waals surface area contributed by atoms with Crippen molar-refractivity contribution in [3.05, 3.63) is 84.3 Å². The van der Waals surface area contributed by atoms with E-state index in [1.54, 1.807) is 55.0 Å². The summed E-state index contributed by atoms with van der Waals surface area (Å²) >= 11 is 0. The predicted octanol–water partition coefficient (Wildman–Crippen LogP) is 4.56. The second kappa shape index (κ2) is 9.08. The van der Waals surface area contributed by atoms with E-state index in [9.17, 15) is 12.8 Å². The number of fused-ring (bicyclic) bond motifs is 2. The molecule has 0 radical (unpaired) electrons. The molecule has 0 aliphatic heterocycles. The molecule has 3 N–H and O–H groups in total. The van der Waals surface area contributed by atoms with Crippen molar-refractivity contribution >= 4 is 32.0 Å². The number of rotatable bonds is 6. The number of benzene rings is 2. The summed E-state index contributed by atoms with van der Waals surface area (Å²) in [5.41, 5.74) is 4.00. The number of pyridine rings is 2. The second-order valence-electron chi connectivity index (χ2n) is 8.75. The molecule has 0 aliphatic carbocycles. The molecule has 0 saturated heterocycles. The molecule has 0 fully saturated rings. The highest BCUT2D eigenvalue weighted by Gasteiger charge is 2.21. The zero-order valence-corrected chi connectivity index (χ0v) is 20.6. The Morgan fingerprint density at radius 1 is 0.974 bits per heavy atom. The molecule has 0 bridgehead atoms. The Balaban J connectivity index is 1.46. The summed E-state index contributed by atoms with van der Waals surface area (Å²) in [6.45, 7) is -0.0802. The predicted molar refractivity (Wildman–Crippen MR) is 139 cm³/mol. The Labute approximate surface area is 215 Å². The van der Waals surface area contributed by atoms with Crippen molar-refractivity contribution < 1.29 is 17.2 Å². The molecule has 0 aliphatic rings. The lowest BCUT2D eigenvalue weighted by atomic mass is 10.0. The number of hydrogen-bond donors (Lipinski definition) is 3. The van der Waals surface area contributed by atoms with Crippen molar-refractivity contribution in [2.45, 2.75) is 6.54 Å². The SMILES string of the molecule is CS(=O)(=O)NCc1cc(F)cc(-c2nccc3[nH]c(-c4n[nH]c5ccc(-c6cccnc6)c(F)c45)nc23)c1. The number of nitrogens with one attached hydrogen (secondary N) is 3. The fourth-order valence-electron chi connectivity index (χ4n) is 4.35. The third kappa shape index (κ3) is 4.40. The first-order valence-electron chi connectivity index (χ1n) is 11.4. The van der Waals surface area contributed by atoms with E-state index in [0.717, 1.165) is 6.26 Å². The maximum Gasteiger partial charge on any atom is 0.209 e. The van der Waals surface area contributed by atoms with E-state index in [1.165, 1.54) is 12.1 Å². The van der Waals surface area contributed by atoms with Crippen LogP contribution >= 0.6 is 0 Å². The van der Waals surface area contributed by atoms with Crippen molar-refractivity contribution in [1.29, 1.82) is 0 Å². The van der Waals surface area contributed by atoms with Crippen LogP contribution in [0.25, 0.3) is 55.8 Å². The molecular formula is C26H19F2N7O2S. The van der Waals surface area contributed by atoms with Gasteiger partial charge in [-0.3, -0.25) is 15.1 Å². The van der Waals surface area contributed by atoms with Crippen LogP contribution in [0, 0.1) is 11.6 Å². The molecule has 0 spiro atoms. The highest BCUT2D eigenvalue weighted by molar-refractivity contribution is 7.88. The molecule has 0 unspecified atom stereocenters. The quantitative estimate of drug-likeness (QED) is 0.289. The molecule has 38 heavy (non-hydrogen) atoms. The maximum atomic E-state index is 15.7. The number of nitrogens with zero attached hydrogens (tertiary/aromatic N) is 4. The minimum absolute atomic E-state index is 0.0802. The van der Waals surface area contributed by atoms with Gasteiger partial charge in [0.05, 0.1) is 28.4 Å². The summed E-state index contributed by atoms with van der Waals surface area (Å²) in [6, 6.07) is 12.8. The number of halogens is 2. The van der Waals surface area contributed by atoms with Gasteiger partial charge in [0.25, 0.3) is 0 Å². The molecular weight excluding hydrogens is 512 g/mol. The fraction of sp³-hybridized carbons (Fsp3) is 0.0769. The van der Waals surface area contributed by atoms with Gasteiger partial charge in [0.15, 0.2) is 5.82 Å². The van der Waals surface area contributed by atoms with E-state index in [1.807, 2.05) is 0 Å². The average Bonchev–Trinajstić information content (AvgIpc) is 3.52. The summed E-state index contributed by atoms with van der Waals surface area (Å²) in [5.74, 6) is -0.713. The molecule has 9 nitrogen and oxygen atoms in total. The zero-order valence-electron chi connectivity index (χ0n) is 19.8. The number of aromatic nitrogens is 6. The lowest BCUT2D eigenvalue weighted by Crippen LogP contribution is -2.21. The number of hydrogen-bond acceptors (Lipinski definition) is 6. The second-order valence-corrected chi connectivity index (χ2v) is 10.6. The maximum absolute atomic E-state index is 15.7. The van der Waals surface area contributed by atoms with Crippen molar-refractivity contribution in [2.75, 3.05) is 6.26 Å². The van der Waals surface area contributed by atoms with Crippen molar-refractivity contribution in [3.63, 3.8) is 0 Å². The first-order valence-corrected chi connectivity index (χ1v) is 13.3. The Morgan fingerprint density at radius 2 is 1.84 bits per heavy atom. The van der Waals surface area contributed by atoms with Crippen molar-refractivity contribution in [2.24, 2.45) is 0 Å². The first-order chi connectivity index (χ1) is 18.3. The number of H-pyrrole nitrogens is 2. The van der Waals surface area contributed by atoms with Crippen LogP contribution in [0.2, 0.25) is 0 Å². The van der Waals surface area contributed by atoms with E-state index < -0.39 is 21.7 Å². The van der Waals surface area contributed by atoms with Crippen LogP contribution in [0.5, 0.6) is 0 Å². The molecule has 4 heterocycles. The van der Waals surface area contributed by atoms with Crippen LogP contribution in [0.3, 0.4) is 0 Å². The normalized spacial score (nSPS) is 12.0. The van der Waals surface area contributed by atoms with Crippen molar-refractivity contribution in [3.8, 4) is 33.9 Å². The number of aromatic amines is 2. The molecule has 4 aromatic heterocycles. The van der Waals surface area contributed by atoms with Crippen LogP contribution in [-0.4, -0.2) is 44.8 Å². The average molecular weight is 532 g/mol. The zero-order chi connectivity index (χ0) is 26.4. The van der Waals surface area contributed by atoms with Gasteiger partial charge in [0.2, 0.25) is 10.0 Å². The molecule has 6 aromatic rings. The van der Waals surface area contributed by atoms with Crippen LogP contribution in [0.4, 0.5) is 8.78 Å². The lowest BCUT2D eigenvalue weighted by molar-refractivity contribution is 0.586. The van der Waals surface area contributed by atoms with E-state index in [4.69, 9.17) is 0 Å². The van der Waals surface area contributed by atoms with Crippen LogP contribution < -0.4 is 4.72 Å². The smallest absolute Gasteiger partial charge is 0.209 e. The van der Waals surface area contributed by atoms with E-state index in [-0.39, 0.29) is 17.6 Å². The van der Waals surface area contributed by atoms with Gasteiger partial charge in [-0.1, -0.05) is 6.07 Å². The number of sulfonamides is 1. The third-order valence-corrected chi connectivity index (χ3v) is 6.70. The van der Waals surface area contributed by atoms with Crippen LogP contribution in [0.15, 0.2) is 67.1 Å². The summed E-state index contributed by atoms with van der Waals surface area (Å²) in [4.78, 5) is 16.3. The minimum atomic E-state index is -3.46.